The van der Waals surface area contributed by atoms with Crippen LogP contribution in [0.3, 0.4) is 0 Å². The molecule has 0 fully saturated rings. The van der Waals surface area contributed by atoms with Crippen molar-refractivity contribution in [2.75, 3.05) is 6.61 Å². The SMILES string of the molecule is CC(O[C]=O)OCC(C)(C)C. The number of carbonyl (C=O) groups excluding carboxylic acids is 1. The molecule has 3 nitrogen and oxygen atoms in total. The number of hydrogen-bond acceptors (Lipinski definition) is 3. The van der Waals surface area contributed by atoms with Gasteiger partial charge in [-0.2, -0.15) is 0 Å². The van der Waals surface area contributed by atoms with Crippen LogP contribution in [0.15, 0.2) is 0 Å². The molecule has 0 aromatic heterocycles. The van der Waals surface area contributed by atoms with Crippen molar-refractivity contribution >= 4 is 6.47 Å². The Bertz CT molecular complexity index is 115. The first-order chi connectivity index (χ1) is 4.95. The van der Waals surface area contributed by atoms with Crippen LogP contribution < -0.4 is 0 Å². The fourth-order valence-corrected chi connectivity index (χ4v) is 0.469. The van der Waals surface area contributed by atoms with Crippen molar-refractivity contribution in [3.8, 4) is 0 Å². The average Bonchev–Trinajstić information content (AvgIpc) is 1.83. The highest BCUT2D eigenvalue weighted by Gasteiger charge is 2.12. The third kappa shape index (κ3) is 7.33. The minimum Gasteiger partial charge on any atom is -0.428 e. The van der Waals surface area contributed by atoms with Gasteiger partial charge in [0.25, 0.3) is 0 Å². The van der Waals surface area contributed by atoms with E-state index in [1.807, 2.05) is 20.8 Å². The first-order valence-corrected chi connectivity index (χ1v) is 3.60. The van der Waals surface area contributed by atoms with Crippen molar-refractivity contribution in [2.45, 2.75) is 34.0 Å². The molecule has 0 heterocycles. The van der Waals surface area contributed by atoms with Crippen molar-refractivity contribution in [3.05, 3.63) is 0 Å². The van der Waals surface area contributed by atoms with Crippen LogP contribution >= 0.6 is 0 Å². The maximum atomic E-state index is 9.71. The van der Waals surface area contributed by atoms with Gasteiger partial charge in [0.15, 0.2) is 0 Å². The predicted molar refractivity (Wildman–Crippen MR) is 41.6 cm³/mol. The summed E-state index contributed by atoms with van der Waals surface area (Å²) in [6.45, 7) is 9.70. The van der Waals surface area contributed by atoms with Crippen LogP contribution in [0, 0.1) is 5.41 Å². The maximum Gasteiger partial charge on any atom is 0.419 e. The van der Waals surface area contributed by atoms with Crippen LogP contribution in [-0.2, 0) is 14.3 Å². The second-order valence-electron chi connectivity index (χ2n) is 3.64. The van der Waals surface area contributed by atoms with Crippen molar-refractivity contribution in [3.63, 3.8) is 0 Å². The van der Waals surface area contributed by atoms with Crippen LogP contribution in [0.25, 0.3) is 0 Å². The van der Waals surface area contributed by atoms with E-state index < -0.39 is 6.29 Å². The summed E-state index contributed by atoms with van der Waals surface area (Å²) in [5, 5.41) is 0. The van der Waals surface area contributed by atoms with E-state index in [0.29, 0.717) is 6.61 Å². The molecule has 0 aliphatic heterocycles. The quantitative estimate of drug-likeness (QED) is 0.583. The average molecular weight is 159 g/mol. The number of ether oxygens (including phenoxy) is 2. The van der Waals surface area contributed by atoms with E-state index in [1.165, 1.54) is 6.47 Å². The molecule has 0 aromatic rings. The fourth-order valence-electron chi connectivity index (χ4n) is 0.469. The Morgan fingerprint density at radius 1 is 1.45 bits per heavy atom. The molecule has 1 radical (unpaired) electrons. The molecule has 0 aromatic carbocycles. The van der Waals surface area contributed by atoms with Gasteiger partial charge in [-0.25, -0.2) is 4.79 Å². The minimum atomic E-state index is -0.494. The Kier molecular flexibility index (Phi) is 4.11. The van der Waals surface area contributed by atoms with E-state index in [1.54, 1.807) is 6.92 Å². The Morgan fingerprint density at radius 2 is 2.00 bits per heavy atom. The molecule has 0 N–H and O–H groups in total. The van der Waals surface area contributed by atoms with E-state index in [2.05, 4.69) is 4.74 Å². The molecule has 11 heavy (non-hydrogen) atoms. The van der Waals surface area contributed by atoms with Crippen molar-refractivity contribution < 1.29 is 14.3 Å². The van der Waals surface area contributed by atoms with Crippen molar-refractivity contribution in [1.82, 2.24) is 0 Å². The first-order valence-electron chi connectivity index (χ1n) is 3.60. The molecule has 0 saturated carbocycles. The van der Waals surface area contributed by atoms with E-state index in [4.69, 9.17) is 4.74 Å². The summed E-state index contributed by atoms with van der Waals surface area (Å²) in [5.41, 5.74) is 0.0977. The second-order valence-corrected chi connectivity index (χ2v) is 3.64. The highest BCUT2D eigenvalue weighted by molar-refractivity contribution is 5.38. The molecule has 0 aliphatic carbocycles. The lowest BCUT2D eigenvalue weighted by molar-refractivity contribution is -0.0973. The van der Waals surface area contributed by atoms with Crippen LogP contribution in [0.5, 0.6) is 0 Å². The summed E-state index contributed by atoms with van der Waals surface area (Å²) in [6, 6.07) is 0. The molecule has 0 amide bonds. The molecule has 65 valence electrons. The van der Waals surface area contributed by atoms with Crippen LogP contribution in [0.2, 0.25) is 0 Å². The molecule has 0 bridgehead atoms. The molecular formula is C8H15O3. The van der Waals surface area contributed by atoms with Gasteiger partial charge in [-0.15, -0.1) is 0 Å². The summed E-state index contributed by atoms with van der Waals surface area (Å²) in [5.74, 6) is 0. The van der Waals surface area contributed by atoms with E-state index in [-0.39, 0.29) is 5.41 Å². The van der Waals surface area contributed by atoms with Crippen molar-refractivity contribution in [1.29, 1.82) is 0 Å². The van der Waals surface area contributed by atoms with Gasteiger partial charge in [-0.05, 0) is 12.3 Å². The molecule has 0 aliphatic rings. The number of rotatable bonds is 4. The van der Waals surface area contributed by atoms with Gasteiger partial charge >= 0.3 is 6.47 Å². The monoisotopic (exact) mass is 159 g/mol. The lowest BCUT2D eigenvalue weighted by Crippen LogP contribution is -2.21. The highest BCUT2D eigenvalue weighted by Crippen LogP contribution is 2.13. The van der Waals surface area contributed by atoms with Crippen LogP contribution in [-0.4, -0.2) is 19.4 Å². The zero-order valence-corrected chi connectivity index (χ0v) is 7.51. The molecule has 0 saturated heterocycles. The topological polar surface area (TPSA) is 35.5 Å². The Balaban J connectivity index is 3.45. The lowest BCUT2D eigenvalue weighted by atomic mass is 9.99. The third-order valence-corrected chi connectivity index (χ3v) is 0.965. The molecule has 1 unspecified atom stereocenters. The molecule has 3 heteroatoms. The predicted octanol–water partition coefficient (Wildman–Crippen LogP) is 1.48. The summed E-state index contributed by atoms with van der Waals surface area (Å²) < 4.78 is 9.57. The lowest BCUT2D eigenvalue weighted by Gasteiger charge is -2.20. The van der Waals surface area contributed by atoms with Crippen LogP contribution in [0.4, 0.5) is 0 Å². The molecule has 0 spiro atoms. The van der Waals surface area contributed by atoms with Crippen LogP contribution in [0.1, 0.15) is 27.7 Å². The minimum absolute atomic E-state index is 0.0977. The highest BCUT2D eigenvalue weighted by atomic mass is 16.7. The normalized spacial score (nSPS) is 14.2. The Labute approximate surface area is 67.7 Å². The summed E-state index contributed by atoms with van der Waals surface area (Å²) >= 11 is 0. The summed E-state index contributed by atoms with van der Waals surface area (Å²) in [7, 11) is 0. The van der Waals surface area contributed by atoms with Crippen molar-refractivity contribution in [2.24, 2.45) is 5.41 Å². The fraction of sp³-hybridized carbons (Fsp3) is 0.875. The first kappa shape index (κ1) is 10.4. The molecule has 1 atom stereocenters. The van der Waals surface area contributed by atoms with E-state index in [9.17, 15) is 4.79 Å². The summed E-state index contributed by atoms with van der Waals surface area (Å²) in [6.07, 6.45) is -0.494. The summed E-state index contributed by atoms with van der Waals surface area (Å²) in [4.78, 5) is 9.71. The molecule has 0 rings (SSSR count). The van der Waals surface area contributed by atoms with Gasteiger partial charge < -0.3 is 9.47 Å². The largest absolute Gasteiger partial charge is 0.428 e. The number of hydrogen-bond donors (Lipinski definition) is 0. The third-order valence-electron chi connectivity index (χ3n) is 0.965. The smallest absolute Gasteiger partial charge is 0.419 e. The zero-order valence-electron chi connectivity index (χ0n) is 7.51. The zero-order chi connectivity index (χ0) is 8.91. The maximum absolute atomic E-state index is 9.71. The van der Waals surface area contributed by atoms with E-state index in [0.717, 1.165) is 0 Å². The second kappa shape index (κ2) is 4.34. The van der Waals surface area contributed by atoms with Gasteiger partial charge in [-0.3, -0.25) is 0 Å². The standard InChI is InChI=1S/C8H15O3/c1-7(11-6-9)10-5-8(2,3)4/h7H,5H2,1-4H3. The Morgan fingerprint density at radius 3 is 2.36 bits per heavy atom. The van der Waals surface area contributed by atoms with Gasteiger partial charge in [0.2, 0.25) is 6.29 Å². The molecular weight excluding hydrogens is 144 g/mol. The Hall–Kier alpha value is -0.570. The van der Waals surface area contributed by atoms with Gasteiger partial charge in [0.05, 0.1) is 6.61 Å². The van der Waals surface area contributed by atoms with Gasteiger partial charge in [0, 0.05) is 0 Å². The van der Waals surface area contributed by atoms with Gasteiger partial charge in [-0.1, -0.05) is 20.8 Å². The van der Waals surface area contributed by atoms with Gasteiger partial charge in [0.1, 0.15) is 0 Å². The van der Waals surface area contributed by atoms with E-state index >= 15 is 0 Å².